The van der Waals surface area contributed by atoms with E-state index < -0.39 is 4.92 Å². The molecule has 7 nitrogen and oxygen atoms in total. The number of aryl methyl sites for hydroxylation is 1. The van der Waals surface area contributed by atoms with E-state index in [0.717, 1.165) is 36.6 Å². The topological polar surface area (TPSA) is 106 Å². The van der Waals surface area contributed by atoms with Gasteiger partial charge in [-0.2, -0.15) is 0 Å². The molecule has 1 N–H and O–H groups in total. The molecule has 1 atom stereocenters. The monoisotopic (exact) mass is 415 g/mol. The molecule has 0 radical (unpaired) electrons. The highest BCUT2D eigenvalue weighted by molar-refractivity contribution is 7.99. The summed E-state index contributed by atoms with van der Waals surface area (Å²) in [6.07, 6.45) is 2.95. The van der Waals surface area contributed by atoms with E-state index in [0.29, 0.717) is 21.3 Å². The Hall–Kier alpha value is -2.52. The van der Waals surface area contributed by atoms with Gasteiger partial charge in [0, 0.05) is 22.6 Å². The Morgan fingerprint density at radius 3 is 3.07 bits per heavy atom. The molecule has 1 aliphatic carbocycles. The molecular formula is C19H17N3O4S2. The van der Waals surface area contributed by atoms with Crippen LogP contribution in [-0.2, 0) is 12.8 Å². The Labute approximate surface area is 168 Å². The second-order valence-electron chi connectivity index (χ2n) is 6.92. The Bertz CT molecular complexity index is 1150. The van der Waals surface area contributed by atoms with Gasteiger partial charge >= 0.3 is 0 Å². The SMILES string of the molecule is CC1CCc2c(sc3nc(SCC(=O)c4cccc([N+](=O)[O-])c4)[nH]c(=O)c23)C1. The van der Waals surface area contributed by atoms with Gasteiger partial charge in [-0.1, -0.05) is 30.8 Å². The smallest absolute Gasteiger partial charge is 0.270 e. The van der Waals surface area contributed by atoms with E-state index in [-0.39, 0.29) is 28.3 Å². The first-order valence-electron chi connectivity index (χ1n) is 8.87. The molecule has 0 fully saturated rings. The van der Waals surface area contributed by atoms with Gasteiger partial charge in [0.25, 0.3) is 11.2 Å². The van der Waals surface area contributed by atoms with Gasteiger partial charge in [-0.25, -0.2) is 4.98 Å². The summed E-state index contributed by atoms with van der Waals surface area (Å²) in [5.41, 5.74) is 1.10. The fourth-order valence-electron chi connectivity index (χ4n) is 3.41. The van der Waals surface area contributed by atoms with Gasteiger partial charge in [-0.05, 0) is 30.7 Å². The number of fused-ring (bicyclic) bond motifs is 3. The first-order valence-corrected chi connectivity index (χ1v) is 10.7. The van der Waals surface area contributed by atoms with Crippen LogP contribution in [0, 0.1) is 16.0 Å². The number of nitrogens with one attached hydrogen (secondary N) is 1. The Morgan fingerprint density at radius 2 is 2.29 bits per heavy atom. The standard InChI is InChI=1S/C19H17N3O4S2/c1-10-5-6-13-15(7-10)28-18-16(13)17(24)20-19(21-18)27-9-14(23)11-3-2-4-12(8-11)22(25)26/h2-4,8,10H,5-7,9H2,1H3,(H,20,21,24). The number of carbonyl (C=O) groups excluding carboxylic acids is 1. The van der Waals surface area contributed by atoms with E-state index in [9.17, 15) is 19.7 Å². The number of hydrogen-bond acceptors (Lipinski definition) is 7. The number of H-pyrrole nitrogens is 1. The van der Waals surface area contributed by atoms with Crippen molar-refractivity contribution in [1.29, 1.82) is 0 Å². The summed E-state index contributed by atoms with van der Waals surface area (Å²) < 4.78 is 0. The summed E-state index contributed by atoms with van der Waals surface area (Å²) in [5.74, 6) is 0.398. The lowest BCUT2D eigenvalue weighted by Crippen LogP contribution is -2.14. The van der Waals surface area contributed by atoms with Crippen molar-refractivity contribution in [3.05, 3.63) is 60.7 Å². The number of nitrogens with zero attached hydrogens (tertiary/aromatic N) is 2. The van der Waals surface area contributed by atoms with Crippen molar-refractivity contribution in [2.75, 3.05) is 5.75 Å². The normalized spacial score (nSPS) is 16.1. The second kappa shape index (κ2) is 7.48. The number of aromatic nitrogens is 2. The summed E-state index contributed by atoms with van der Waals surface area (Å²) in [6, 6.07) is 5.64. The van der Waals surface area contributed by atoms with Crippen LogP contribution in [0.3, 0.4) is 0 Å². The molecule has 0 saturated heterocycles. The van der Waals surface area contributed by atoms with Crippen molar-refractivity contribution in [2.24, 2.45) is 5.92 Å². The average Bonchev–Trinajstić information content (AvgIpc) is 3.03. The second-order valence-corrected chi connectivity index (χ2v) is 8.97. The van der Waals surface area contributed by atoms with Crippen molar-refractivity contribution >= 4 is 44.8 Å². The van der Waals surface area contributed by atoms with Crippen LogP contribution in [0.25, 0.3) is 10.2 Å². The molecule has 0 aliphatic heterocycles. The average molecular weight is 415 g/mol. The number of carbonyl (C=O) groups is 1. The van der Waals surface area contributed by atoms with Gasteiger partial charge < -0.3 is 4.98 Å². The minimum absolute atomic E-state index is 0.0394. The van der Waals surface area contributed by atoms with E-state index in [1.807, 2.05) is 0 Å². The number of ketones is 1. The summed E-state index contributed by atoms with van der Waals surface area (Å²) >= 11 is 2.70. The first-order chi connectivity index (χ1) is 13.4. The largest absolute Gasteiger partial charge is 0.301 e. The van der Waals surface area contributed by atoms with Gasteiger partial charge in [-0.15, -0.1) is 11.3 Å². The number of nitro benzene ring substituents is 1. The molecule has 0 amide bonds. The van der Waals surface area contributed by atoms with Crippen molar-refractivity contribution in [1.82, 2.24) is 9.97 Å². The Balaban J connectivity index is 1.55. The number of non-ortho nitro benzene ring substituents is 1. The van der Waals surface area contributed by atoms with Gasteiger partial charge in [0.05, 0.1) is 16.1 Å². The van der Waals surface area contributed by atoms with Crippen molar-refractivity contribution in [3.63, 3.8) is 0 Å². The third-order valence-corrected chi connectivity index (χ3v) is 6.88. The molecule has 144 valence electrons. The Morgan fingerprint density at radius 1 is 1.46 bits per heavy atom. The molecule has 3 aromatic rings. The van der Waals surface area contributed by atoms with Crippen LogP contribution >= 0.6 is 23.1 Å². The van der Waals surface area contributed by atoms with Gasteiger partial charge in [0.1, 0.15) is 4.83 Å². The van der Waals surface area contributed by atoms with Crippen LogP contribution in [0.5, 0.6) is 0 Å². The molecular weight excluding hydrogens is 398 g/mol. The maximum absolute atomic E-state index is 12.6. The van der Waals surface area contributed by atoms with Gasteiger partial charge in [-0.3, -0.25) is 19.7 Å². The lowest BCUT2D eigenvalue weighted by molar-refractivity contribution is -0.384. The molecule has 2 aromatic heterocycles. The van der Waals surface area contributed by atoms with Crippen molar-refractivity contribution < 1.29 is 9.72 Å². The number of rotatable bonds is 5. The van der Waals surface area contributed by atoms with E-state index in [2.05, 4.69) is 16.9 Å². The predicted molar refractivity (Wildman–Crippen MR) is 110 cm³/mol. The number of Topliss-reactive ketones (excluding diaryl/α,β-unsaturated/α-hetero) is 1. The molecule has 1 aromatic carbocycles. The minimum atomic E-state index is -0.531. The molecule has 2 heterocycles. The van der Waals surface area contributed by atoms with Crippen LogP contribution < -0.4 is 5.56 Å². The lowest BCUT2D eigenvalue weighted by atomic mass is 9.89. The van der Waals surface area contributed by atoms with Crippen molar-refractivity contribution in [2.45, 2.75) is 31.3 Å². The van der Waals surface area contributed by atoms with E-state index in [1.165, 1.54) is 23.1 Å². The van der Waals surface area contributed by atoms with Crippen LogP contribution in [0.1, 0.15) is 34.1 Å². The molecule has 0 saturated carbocycles. The molecule has 0 spiro atoms. The third kappa shape index (κ3) is 3.59. The lowest BCUT2D eigenvalue weighted by Gasteiger charge is -2.17. The predicted octanol–water partition coefficient (Wildman–Crippen LogP) is 3.99. The summed E-state index contributed by atoms with van der Waals surface area (Å²) in [6.45, 7) is 2.21. The number of benzene rings is 1. The number of aromatic amines is 1. The van der Waals surface area contributed by atoms with Crippen LogP contribution in [0.2, 0.25) is 0 Å². The molecule has 28 heavy (non-hydrogen) atoms. The quantitative estimate of drug-likeness (QED) is 0.222. The fourth-order valence-corrected chi connectivity index (χ4v) is 5.60. The van der Waals surface area contributed by atoms with Crippen molar-refractivity contribution in [3.8, 4) is 0 Å². The van der Waals surface area contributed by atoms with Crippen LogP contribution in [-0.4, -0.2) is 26.4 Å². The maximum Gasteiger partial charge on any atom is 0.270 e. The van der Waals surface area contributed by atoms with Gasteiger partial charge in [0.15, 0.2) is 10.9 Å². The maximum atomic E-state index is 12.6. The molecule has 9 heteroatoms. The van der Waals surface area contributed by atoms with E-state index in [4.69, 9.17) is 0 Å². The summed E-state index contributed by atoms with van der Waals surface area (Å²) in [4.78, 5) is 44.6. The summed E-state index contributed by atoms with van der Waals surface area (Å²) in [5, 5.41) is 11.9. The zero-order chi connectivity index (χ0) is 19.8. The highest BCUT2D eigenvalue weighted by Gasteiger charge is 2.23. The van der Waals surface area contributed by atoms with Crippen LogP contribution in [0.15, 0.2) is 34.2 Å². The molecule has 1 aliphatic rings. The van der Waals surface area contributed by atoms with E-state index in [1.54, 1.807) is 17.4 Å². The number of nitro groups is 1. The Kier molecular flexibility index (Phi) is 5.03. The van der Waals surface area contributed by atoms with Crippen LogP contribution in [0.4, 0.5) is 5.69 Å². The highest BCUT2D eigenvalue weighted by Crippen LogP contribution is 2.36. The highest BCUT2D eigenvalue weighted by atomic mass is 32.2. The first kappa shape index (κ1) is 18.8. The number of thiophene rings is 1. The summed E-state index contributed by atoms with van der Waals surface area (Å²) in [7, 11) is 0. The molecule has 0 bridgehead atoms. The third-order valence-electron chi connectivity index (χ3n) is 4.86. The number of hydrogen-bond donors (Lipinski definition) is 1. The zero-order valence-corrected chi connectivity index (χ0v) is 16.7. The fraction of sp³-hybridized carbons (Fsp3) is 0.316. The minimum Gasteiger partial charge on any atom is -0.301 e. The van der Waals surface area contributed by atoms with Gasteiger partial charge in [0.2, 0.25) is 0 Å². The molecule has 4 rings (SSSR count). The zero-order valence-electron chi connectivity index (χ0n) is 15.1. The number of thioether (sulfide) groups is 1. The molecule has 1 unspecified atom stereocenters. The van der Waals surface area contributed by atoms with E-state index >= 15 is 0 Å².